The summed E-state index contributed by atoms with van der Waals surface area (Å²) in [5, 5.41) is 0. The fourth-order valence-electron chi connectivity index (χ4n) is 6.55. The van der Waals surface area contributed by atoms with Crippen LogP contribution in [-0.2, 0) is 12.8 Å². The average molecular weight is 891 g/mol. The van der Waals surface area contributed by atoms with Gasteiger partial charge in [0.25, 0.3) is 0 Å². The standard InChI is InChI=1S/C24H20F6O2.C24H21F5O2/c25-21-14-9-16(15-22(21)31-18-6-2-1-3-7-18)5-4-8-20(23(26)27)17-10-12-19(13-11-17)32-24(28,29)30;25-23(26)22(18-12-14-20(15-13-18)31-24(27,28)29)11-5-7-17-6-4-10-21(16-17)30-19-8-2-1-3-9-19/h1-3,6-7,9-15,20,23H,4-5,8H2;1-4,6,8-10,12-16,22-23H,5,7,11H2. The topological polar surface area (TPSA) is 36.9 Å². The molecule has 0 amide bonds. The number of hydrogen-bond acceptors (Lipinski definition) is 4. The minimum absolute atomic E-state index is 0.0411. The molecule has 0 aliphatic carbocycles. The second-order valence-electron chi connectivity index (χ2n) is 14.1. The lowest BCUT2D eigenvalue weighted by Gasteiger charge is -2.17. The summed E-state index contributed by atoms with van der Waals surface area (Å²) in [6.07, 6.45) is -12.8. The Bertz CT molecular complexity index is 2250. The molecule has 2 atom stereocenters. The molecule has 0 aliphatic heterocycles. The number of hydrogen-bond donors (Lipinski definition) is 0. The minimum Gasteiger partial charge on any atom is -0.457 e. The molecule has 334 valence electrons. The van der Waals surface area contributed by atoms with Crippen molar-refractivity contribution in [2.24, 2.45) is 0 Å². The van der Waals surface area contributed by atoms with E-state index in [-0.39, 0.29) is 29.7 Å². The van der Waals surface area contributed by atoms with Gasteiger partial charge in [-0.25, -0.2) is 22.0 Å². The van der Waals surface area contributed by atoms with Crippen LogP contribution in [0.25, 0.3) is 0 Å². The SMILES string of the molecule is FC(F)C(CCCc1cccc(Oc2ccccc2)c1)c1ccc(OC(F)(F)F)cc1.Fc1ccc(CCCC(c2ccc(OC(F)(F)F)cc2)C(F)F)cc1Oc1ccccc1. The molecule has 2 unspecified atom stereocenters. The van der Waals surface area contributed by atoms with Gasteiger partial charge in [0.2, 0.25) is 12.9 Å². The van der Waals surface area contributed by atoms with Crippen LogP contribution in [0.3, 0.4) is 0 Å². The van der Waals surface area contributed by atoms with Crippen LogP contribution < -0.4 is 18.9 Å². The maximum Gasteiger partial charge on any atom is 0.573 e. The molecule has 6 aromatic rings. The third-order valence-electron chi connectivity index (χ3n) is 9.50. The second-order valence-corrected chi connectivity index (χ2v) is 14.1. The Hall–Kier alpha value is -6.25. The number of aryl methyl sites for hydroxylation is 2. The predicted molar refractivity (Wildman–Crippen MR) is 215 cm³/mol. The molecular weight excluding hydrogens is 850 g/mol. The Morgan fingerprint density at radius 2 is 0.841 bits per heavy atom. The zero-order chi connectivity index (χ0) is 45.4. The van der Waals surface area contributed by atoms with Gasteiger partial charge in [-0.05, 0) is 134 Å². The highest BCUT2D eigenvalue weighted by molar-refractivity contribution is 5.37. The fourth-order valence-corrected chi connectivity index (χ4v) is 6.55. The summed E-state index contributed by atoms with van der Waals surface area (Å²) in [5.41, 5.74) is 2.18. The van der Waals surface area contributed by atoms with E-state index in [1.807, 2.05) is 54.6 Å². The van der Waals surface area contributed by atoms with Crippen LogP contribution in [0.5, 0.6) is 34.5 Å². The summed E-state index contributed by atoms with van der Waals surface area (Å²) in [6.45, 7) is 0. The lowest BCUT2D eigenvalue weighted by Crippen LogP contribution is -2.17. The summed E-state index contributed by atoms with van der Waals surface area (Å²) in [4.78, 5) is 0. The molecule has 6 aromatic carbocycles. The van der Waals surface area contributed by atoms with Gasteiger partial charge >= 0.3 is 12.7 Å². The number of rotatable bonds is 18. The number of alkyl halides is 10. The third-order valence-corrected chi connectivity index (χ3v) is 9.50. The van der Waals surface area contributed by atoms with Crippen molar-refractivity contribution in [2.45, 2.75) is 75.9 Å². The molecule has 0 spiro atoms. The molecule has 0 bridgehead atoms. The number of benzene rings is 6. The molecule has 4 nitrogen and oxygen atoms in total. The van der Waals surface area contributed by atoms with E-state index in [9.17, 15) is 48.3 Å². The number of para-hydroxylation sites is 2. The predicted octanol–water partition coefficient (Wildman–Crippen LogP) is 15.6. The zero-order valence-corrected chi connectivity index (χ0v) is 33.3. The van der Waals surface area contributed by atoms with Crippen LogP contribution >= 0.6 is 0 Å². The van der Waals surface area contributed by atoms with Gasteiger partial charge in [0.1, 0.15) is 28.7 Å². The van der Waals surface area contributed by atoms with Gasteiger partial charge in [-0.15, -0.1) is 26.3 Å². The van der Waals surface area contributed by atoms with Gasteiger partial charge < -0.3 is 18.9 Å². The van der Waals surface area contributed by atoms with E-state index in [0.717, 1.165) is 35.4 Å². The van der Waals surface area contributed by atoms with E-state index >= 15 is 0 Å². The summed E-state index contributed by atoms with van der Waals surface area (Å²) >= 11 is 0. The fraction of sp³-hybridized carbons (Fsp3) is 0.250. The van der Waals surface area contributed by atoms with Crippen molar-refractivity contribution in [1.82, 2.24) is 0 Å². The molecule has 6 rings (SSSR count). The molecule has 0 N–H and O–H groups in total. The molecule has 0 radical (unpaired) electrons. The van der Waals surface area contributed by atoms with Crippen molar-refractivity contribution in [2.75, 3.05) is 0 Å². The van der Waals surface area contributed by atoms with E-state index < -0.39 is 54.7 Å². The molecule has 0 heterocycles. The van der Waals surface area contributed by atoms with Crippen LogP contribution in [0.4, 0.5) is 48.3 Å². The van der Waals surface area contributed by atoms with E-state index in [2.05, 4.69) is 9.47 Å². The van der Waals surface area contributed by atoms with Gasteiger partial charge in [-0.2, -0.15) is 0 Å². The highest BCUT2D eigenvalue weighted by atomic mass is 19.4. The molecule has 0 saturated heterocycles. The van der Waals surface area contributed by atoms with E-state index in [1.165, 1.54) is 36.4 Å². The first-order valence-electron chi connectivity index (χ1n) is 19.6. The zero-order valence-electron chi connectivity index (χ0n) is 33.3. The monoisotopic (exact) mass is 890 g/mol. The Balaban J connectivity index is 0.000000238. The van der Waals surface area contributed by atoms with Crippen molar-refractivity contribution in [3.8, 4) is 34.5 Å². The van der Waals surface area contributed by atoms with Gasteiger partial charge in [0, 0.05) is 11.8 Å². The van der Waals surface area contributed by atoms with Crippen molar-refractivity contribution in [3.63, 3.8) is 0 Å². The van der Waals surface area contributed by atoms with Crippen LogP contribution in [0.1, 0.15) is 59.8 Å². The van der Waals surface area contributed by atoms with Crippen LogP contribution in [0.15, 0.2) is 152 Å². The quantitative estimate of drug-likeness (QED) is 0.0806. The van der Waals surface area contributed by atoms with Crippen molar-refractivity contribution >= 4 is 0 Å². The Labute approximate surface area is 356 Å². The third kappa shape index (κ3) is 16.5. The largest absolute Gasteiger partial charge is 0.573 e. The van der Waals surface area contributed by atoms with Crippen molar-refractivity contribution < 1.29 is 67.2 Å². The summed E-state index contributed by atoms with van der Waals surface area (Å²) in [5.74, 6) is -1.77. The molecule has 63 heavy (non-hydrogen) atoms. The first kappa shape index (κ1) is 47.8. The first-order chi connectivity index (χ1) is 30.0. The van der Waals surface area contributed by atoms with Gasteiger partial charge in [-0.3, -0.25) is 0 Å². The maximum atomic E-state index is 14.1. The van der Waals surface area contributed by atoms with Crippen molar-refractivity contribution in [3.05, 3.63) is 180 Å². The highest BCUT2D eigenvalue weighted by Gasteiger charge is 2.32. The van der Waals surface area contributed by atoms with Gasteiger partial charge in [-0.1, -0.05) is 78.9 Å². The minimum atomic E-state index is -4.85. The van der Waals surface area contributed by atoms with Crippen LogP contribution in [0, 0.1) is 5.82 Å². The smallest absolute Gasteiger partial charge is 0.457 e. The van der Waals surface area contributed by atoms with Crippen LogP contribution in [0.2, 0.25) is 0 Å². The van der Waals surface area contributed by atoms with E-state index in [4.69, 9.17) is 9.47 Å². The molecule has 0 aliphatic rings. The lowest BCUT2D eigenvalue weighted by atomic mass is 9.93. The molecule has 0 aromatic heterocycles. The summed E-state index contributed by atoms with van der Waals surface area (Å²) < 4.78 is 161. The van der Waals surface area contributed by atoms with E-state index in [0.29, 0.717) is 42.9 Å². The maximum absolute atomic E-state index is 14.1. The Kier molecular flexibility index (Phi) is 17.2. The molecular formula is C48H41F11O4. The van der Waals surface area contributed by atoms with Crippen molar-refractivity contribution in [1.29, 1.82) is 0 Å². The average Bonchev–Trinajstić information content (AvgIpc) is 3.23. The number of halogens is 11. The number of ether oxygens (including phenoxy) is 4. The first-order valence-corrected chi connectivity index (χ1v) is 19.6. The van der Waals surface area contributed by atoms with E-state index in [1.54, 1.807) is 36.4 Å². The normalized spacial score (nSPS) is 12.6. The molecule has 0 saturated carbocycles. The van der Waals surface area contributed by atoms with Gasteiger partial charge in [0.15, 0.2) is 11.6 Å². The Morgan fingerprint density at radius 3 is 1.29 bits per heavy atom. The summed E-state index contributed by atoms with van der Waals surface area (Å²) in [7, 11) is 0. The van der Waals surface area contributed by atoms with Gasteiger partial charge in [0.05, 0.1) is 0 Å². The Morgan fingerprint density at radius 1 is 0.413 bits per heavy atom. The highest BCUT2D eigenvalue weighted by Crippen LogP contribution is 2.34. The van der Waals surface area contributed by atoms with Crippen LogP contribution in [-0.4, -0.2) is 25.6 Å². The molecule has 15 heteroatoms. The molecule has 0 fully saturated rings. The summed E-state index contributed by atoms with van der Waals surface area (Å²) in [6, 6.07) is 38.9. The second kappa shape index (κ2) is 22.7. The lowest BCUT2D eigenvalue weighted by molar-refractivity contribution is -0.275.